The van der Waals surface area contributed by atoms with E-state index in [9.17, 15) is 4.79 Å². The van der Waals surface area contributed by atoms with Crippen molar-refractivity contribution in [2.45, 2.75) is 95.1 Å². The Morgan fingerprint density at radius 2 is 1.65 bits per heavy atom. The first kappa shape index (κ1) is 20.0. The van der Waals surface area contributed by atoms with Gasteiger partial charge in [-0.15, -0.1) is 0 Å². The molecule has 1 heterocycles. The zero-order chi connectivity index (χ0) is 18.4. The van der Waals surface area contributed by atoms with Crippen LogP contribution in [0.25, 0.3) is 0 Å². The van der Waals surface area contributed by atoms with E-state index >= 15 is 0 Å². The number of unbranched alkanes of at least 4 members (excludes halogenated alkanes) is 1. The molecule has 0 aromatic heterocycles. The van der Waals surface area contributed by atoms with Crippen molar-refractivity contribution in [2.75, 3.05) is 11.5 Å². The molecule has 1 nitrogen and oxygen atoms in total. The molecule has 26 heavy (non-hydrogen) atoms. The Balaban J connectivity index is 1.81. The van der Waals surface area contributed by atoms with Crippen LogP contribution in [0.2, 0.25) is 0 Å². The van der Waals surface area contributed by atoms with Crippen LogP contribution >= 0.6 is 0 Å². The molecule has 0 radical (unpaired) electrons. The standard InChI is InChI=1S/C24H37OS/c1-3-5-17-24(4-2,26-18-9-10-19-26)23(25)22-15-13-21(14-16-22)20-11-7-6-8-12-20/h13-16,20H,3-12,17-19H2,1-2H3/q+1. The third-order valence-electron chi connectivity index (χ3n) is 6.75. The lowest BCUT2D eigenvalue weighted by Crippen LogP contribution is -2.47. The summed E-state index contributed by atoms with van der Waals surface area (Å²) in [5.74, 6) is 3.74. The molecule has 2 heteroatoms. The molecule has 1 aliphatic heterocycles. The highest BCUT2D eigenvalue weighted by molar-refractivity contribution is 7.99. The van der Waals surface area contributed by atoms with Crippen LogP contribution in [0, 0.1) is 0 Å². The van der Waals surface area contributed by atoms with E-state index in [0.29, 0.717) is 5.78 Å². The van der Waals surface area contributed by atoms with Gasteiger partial charge in [0.2, 0.25) is 5.78 Å². The summed E-state index contributed by atoms with van der Waals surface area (Å²) in [7, 11) is 0.285. The average molecular weight is 374 g/mol. The van der Waals surface area contributed by atoms with Gasteiger partial charge < -0.3 is 0 Å². The predicted octanol–water partition coefficient (Wildman–Crippen LogP) is 6.67. The number of rotatable bonds is 8. The molecule has 1 saturated heterocycles. The lowest BCUT2D eigenvalue weighted by molar-refractivity contribution is 0.0931. The van der Waals surface area contributed by atoms with Crippen LogP contribution in [0.5, 0.6) is 0 Å². The molecule has 0 bridgehead atoms. The Morgan fingerprint density at radius 1 is 1.00 bits per heavy atom. The molecule has 0 amide bonds. The second kappa shape index (κ2) is 9.44. The predicted molar refractivity (Wildman–Crippen MR) is 115 cm³/mol. The molecule has 1 aromatic carbocycles. The van der Waals surface area contributed by atoms with Crippen LogP contribution < -0.4 is 0 Å². The van der Waals surface area contributed by atoms with Gasteiger partial charge in [-0.05, 0) is 43.6 Å². The second-order valence-corrected chi connectivity index (χ2v) is 10.9. The summed E-state index contributed by atoms with van der Waals surface area (Å²) in [5.41, 5.74) is 2.43. The molecule has 1 atom stereocenters. The molecule has 1 saturated carbocycles. The van der Waals surface area contributed by atoms with Gasteiger partial charge in [-0.1, -0.05) is 63.8 Å². The fourth-order valence-electron chi connectivity index (χ4n) is 5.04. The van der Waals surface area contributed by atoms with Crippen molar-refractivity contribution in [1.82, 2.24) is 0 Å². The molecule has 1 aliphatic carbocycles. The average Bonchev–Trinajstić information content (AvgIpc) is 3.25. The minimum absolute atomic E-state index is 0.0845. The normalized spacial score (nSPS) is 21.6. The molecule has 2 aliphatic rings. The summed E-state index contributed by atoms with van der Waals surface area (Å²) in [6.07, 6.45) is 13.9. The molecular weight excluding hydrogens is 336 g/mol. The van der Waals surface area contributed by atoms with E-state index < -0.39 is 0 Å². The Hall–Kier alpha value is -0.760. The Morgan fingerprint density at radius 3 is 2.23 bits per heavy atom. The topological polar surface area (TPSA) is 17.1 Å². The van der Waals surface area contributed by atoms with Crippen molar-refractivity contribution in [1.29, 1.82) is 0 Å². The minimum atomic E-state index is -0.0845. The quantitative estimate of drug-likeness (QED) is 0.367. The smallest absolute Gasteiger partial charge is 0.217 e. The first-order valence-corrected chi connectivity index (χ1v) is 12.6. The fraction of sp³-hybridized carbons (Fsp3) is 0.708. The molecule has 2 fully saturated rings. The van der Waals surface area contributed by atoms with Gasteiger partial charge in [0.15, 0.2) is 4.75 Å². The number of hydrogen-bond acceptors (Lipinski definition) is 1. The van der Waals surface area contributed by atoms with Gasteiger partial charge in [-0.2, -0.15) is 0 Å². The first-order chi connectivity index (χ1) is 12.7. The molecule has 0 N–H and O–H groups in total. The van der Waals surface area contributed by atoms with Crippen LogP contribution in [0.15, 0.2) is 24.3 Å². The lowest BCUT2D eigenvalue weighted by atomic mass is 9.83. The third kappa shape index (κ3) is 4.21. The van der Waals surface area contributed by atoms with Crippen molar-refractivity contribution < 1.29 is 4.79 Å². The van der Waals surface area contributed by atoms with E-state index in [0.717, 1.165) is 24.3 Å². The Kier molecular flexibility index (Phi) is 7.26. The molecule has 0 spiro atoms. The SMILES string of the molecule is CCCCC(CC)(C(=O)c1ccc(C2CCCCC2)cc1)[S+]1CCCC1. The van der Waals surface area contributed by atoms with Crippen LogP contribution in [-0.4, -0.2) is 22.0 Å². The highest BCUT2D eigenvalue weighted by Gasteiger charge is 2.52. The lowest BCUT2D eigenvalue weighted by Gasteiger charge is -2.30. The Labute approximate surface area is 163 Å². The monoisotopic (exact) mass is 373 g/mol. The van der Waals surface area contributed by atoms with Gasteiger partial charge >= 0.3 is 0 Å². The van der Waals surface area contributed by atoms with Crippen molar-refractivity contribution in [2.24, 2.45) is 0 Å². The largest absolute Gasteiger partial charge is 0.288 e. The maximum Gasteiger partial charge on any atom is 0.217 e. The summed E-state index contributed by atoms with van der Waals surface area (Å²) in [5, 5.41) is 0. The third-order valence-corrected chi connectivity index (χ3v) is 10.1. The van der Waals surface area contributed by atoms with E-state index in [-0.39, 0.29) is 15.6 Å². The summed E-state index contributed by atoms with van der Waals surface area (Å²) < 4.78 is -0.0845. The van der Waals surface area contributed by atoms with Gasteiger partial charge in [0.1, 0.15) is 11.5 Å². The van der Waals surface area contributed by atoms with E-state index in [4.69, 9.17) is 0 Å². The van der Waals surface area contributed by atoms with Crippen LogP contribution in [0.3, 0.4) is 0 Å². The minimum Gasteiger partial charge on any atom is -0.288 e. The number of hydrogen-bond donors (Lipinski definition) is 0. The van der Waals surface area contributed by atoms with Crippen LogP contribution in [0.1, 0.15) is 106 Å². The molecule has 3 rings (SSSR count). The zero-order valence-electron chi connectivity index (χ0n) is 16.9. The van der Waals surface area contributed by atoms with Crippen molar-refractivity contribution in [3.05, 3.63) is 35.4 Å². The van der Waals surface area contributed by atoms with Crippen LogP contribution in [0.4, 0.5) is 0 Å². The number of carbonyl (C=O) groups is 1. The van der Waals surface area contributed by atoms with E-state index in [1.54, 1.807) is 0 Å². The molecular formula is C24H37OS+. The van der Waals surface area contributed by atoms with Gasteiger partial charge in [-0.3, -0.25) is 4.79 Å². The van der Waals surface area contributed by atoms with Crippen molar-refractivity contribution >= 4 is 16.7 Å². The van der Waals surface area contributed by atoms with Gasteiger partial charge in [0.25, 0.3) is 0 Å². The number of benzene rings is 1. The molecule has 144 valence electrons. The number of ketones is 1. The summed E-state index contributed by atoms with van der Waals surface area (Å²) in [4.78, 5) is 13.7. The maximum absolute atomic E-state index is 13.7. The van der Waals surface area contributed by atoms with Crippen molar-refractivity contribution in [3.8, 4) is 0 Å². The number of Topliss-reactive ketones (excluding diaryl/α,β-unsaturated/α-hetero) is 1. The summed E-state index contributed by atoms with van der Waals surface area (Å²) in [6.45, 7) is 4.51. The Bertz CT molecular complexity index is 566. The van der Waals surface area contributed by atoms with Crippen molar-refractivity contribution in [3.63, 3.8) is 0 Å². The second-order valence-electron chi connectivity index (χ2n) is 8.35. The highest BCUT2D eigenvalue weighted by atomic mass is 32.2. The van der Waals surface area contributed by atoms with Crippen LogP contribution in [-0.2, 0) is 10.9 Å². The zero-order valence-corrected chi connectivity index (χ0v) is 17.7. The van der Waals surface area contributed by atoms with Gasteiger partial charge in [-0.25, -0.2) is 0 Å². The molecule has 1 unspecified atom stereocenters. The molecule has 1 aromatic rings. The fourth-order valence-corrected chi connectivity index (χ4v) is 8.36. The maximum atomic E-state index is 13.7. The summed E-state index contributed by atoms with van der Waals surface area (Å²) >= 11 is 0. The van der Waals surface area contributed by atoms with Gasteiger partial charge in [0, 0.05) is 29.3 Å². The number of carbonyl (C=O) groups excluding carboxylic acids is 1. The van der Waals surface area contributed by atoms with E-state index in [1.165, 1.54) is 74.9 Å². The summed E-state index contributed by atoms with van der Waals surface area (Å²) in [6, 6.07) is 8.84. The first-order valence-electron chi connectivity index (χ1n) is 11.0. The van der Waals surface area contributed by atoms with E-state index in [2.05, 4.69) is 38.1 Å². The van der Waals surface area contributed by atoms with Gasteiger partial charge in [0.05, 0.1) is 0 Å². The van der Waals surface area contributed by atoms with E-state index in [1.807, 2.05) is 0 Å². The highest BCUT2D eigenvalue weighted by Crippen LogP contribution is 2.39.